The summed E-state index contributed by atoms with van der Waals surface area (Å²) in [6.45, 7) is 2.03. The number of pyridine rings is 1. The standard InChI is InChI=1S/C12H13N3OS/c1-2-10(12-14-7-8-17-12)15-11(16)9-3-5-13-6-4-9/h3-8,10H,2H2,1H3,(H,15,16)/t10-/m0/s1. The molecule has 1 N–H and O–H groups in total. The van der Waals surface area contributed by atoms with Crippen LogP contribution in [-0.4, -0.2) is 15.9 Å². The zero-order valence-electron chi connectivity index (χ0n) is 9.46. The molecular weight excluding hydrogens is 234 g/mol. The number of hydrogen-bond donors (Lipinski definition) is 1. The maximum atomic E-state index is 11.9. The summed E-state index contributed by atoms with van der Waals surface area (Å²) >= 11 is 1.55. The summed E-state index contributed by atoms with van der Waals surface area (Å²) < 4.78 is 0. The first-order valence-corrected chi connectivity index (χ1v) is 6.29. The second-order valence-electron chi connectivity index (χ2n) is 3.54. The Morgan fingerprint density at radius 2 is 2.18 bits per heavy atom. The molecule has 17 heavy (non-hydrogen) atoms. The lowest BCUT2D eigenvalue weighted by atomic mass is 10.2. The third kappa shape index (κ3) is 2.88. The molecule has 0 spiro atoms. The molecule has 0 aliphatic rings. The Morgan fingerprint density at radius 3 is 2.76 bits per heavy atom. The van der Waals surface area contributed by atoms with E-state index >= 15 is 0 Å². The van der Waals surface area contributed by atoms with E-state index in [0.29, 0.717) is 5.56 Å². The Hall–Kier alpha value is -1.75. The molecule has 1 atom stereocenters. The summed E-state index contributed by atoms with van der Waals surface area (Å²) in [5.74, 6) is -0.0885. The molecule has 0 bridgehead atoms. The van der Waals surface area contributed by atoms with Gasteiger partial charge in [0.2, 0.25) is 0 Å². The second kappa shape index (κ2) is 5.54. The van der Waals surface area contributed by atoms with Crippen LogP contribution in [0.5, 0.6) is 0 Å². The van der Waals surface area contributed by atoms with Crippen molar-refractivity contribution in [1.82, 2.24) is 15.3 Å². The van der Waals surface area contributed by atoms with Crippen molar-refractivity contribution in [3.8, 4) is 0 Å². The molecule has 2 aromatic rings. The summed E-state index contributed by atoms with van der Waals surface area (Å²) in [6.07, 6.45) is 5.80. The second-order valence-corrected chi connectivity index (χ2v) is 4.47. The van der Waals surface area contributed by atoms with E-state index in [9.17, 15) is 4.79 Å². The van der Waals surface area contributed by atoms with Gasteiger partial charge in [0.25, 0.3) is 5.91 Å². The number of aromatic nitrogens is 2. The van der Waals surface area contributed by atoms with Crippen LogP contribution in [-0.2, 0) is 0 Å². The van der Waals surface area contributed by atoms with Gasteiger partial charge in [-0.2, -0.15) is 0 Å². The maximum absolute atomic E-state index is 11.9. The van der Waals surface area contributed by atoms with Crippen molar-refractivity contribution in [2.24, 2.45) is 0 Å². The average molecular weight is 247 g/mol. The number of nitrogens with one attached hydrogen (secondary N) is 1. The molecule has 0 aromatic carbocycles. The van der Waals surface area contributed by atoms with Crippen molar-refractivity contribution in [2.45, 2.75) is 19.4 Å². The summed E-state index contributed by atoms with van der Waals surface area (Å²) in [4.78, 5) is 20.1. The van der Waals surface area contributed by atoms with Crippen LogP contribution in [0.4, 0.5) is 0 Å². The first-order chi connectivity index (χ1) is 8.31. The summed E-state index contributed by atoms with van der Waals surface area (Å²) in [5, 5.41) is 5.82. The molecule has 0 saturated carbocycles. The molecule has 2 aromatic heterocycles. The van der Waals surface area contributed by atoms with Crippen molar-refractivity contribution in [3.63, 3.8) is 0 Å². The van der Waals surface area contributed by atoms with E-state index in [0.717, 1.165) is 11.4 Å². The first-order valence-electron chi connectivity index (χ1n) is 5.41. The van der Waals surface area contributed by atoms with Gasteiger partial charge in [-0.3, -0.25) is 9.78 Å². The predicted octanol–water partition coefficient (Wildman–Crippen LogP) is 2.42. The van der Waals surface area contributed by atoms with E-state index in [2.05, 4.69) is 15.3 Å². The van der Waals surface area contributed by atoms with Gasteiger partial charge >= 0.3 is 0 Å². The number of carbonyl (C=O) groups is 1. The van der Waals surface area contributed by atoms with Gasteiger partial charge in [-0.1, -0.05) is 6.92 Å². The third-order valence-corrected chi connectivity index (χ3v) is 3.29. The van der Waals surface area contributed by atoms with Gasteiger partial charge in [-0.25, -0.2) is 4.98 Å². The highest BCUT2D eigenvalue weighted by Crippen LogP contribution is 2.19. The van der Waals surface area contributed by atoms with Crippen molar-refractivity contribution in [1.29, 1.82) is 0 Å². The molecule has 0 saturated heterocycles. The lowest BCUT2D eigenvalue weighted by Crippen LogP contribution is -2.28. The van der Waals surface area contributed by atoms with E-state index in [1.165, 1.54) is 0 Å². The van der Waals surface area contributed by atoms with Crippen LogP contribution < -0.4 is 5.32 Å². The van der Waals surface area contributed by atoms with Gasteiger partial charge in [-0.15, -0.1) is 11.3 Å². The lowest BCUT2D eigenvalue weighted by molar-refractivity contribution is 0.0935. The smallest absolute Gasteiger partial charge is 0.251 e. The predicted molar refractivity (Wildman–Crippen MR) is 66.8 cm³/mol. The minimum Gasteiger partial charge on any atom is -0.343 e. The first kappa shape index (κ1) is 11.7. The molecule has 0 aliphatic heterocycles. The fourth-order valence-corrected chi connectivity index (χ4v) is 2.26. The lowest BCUT2D eigenvalue weighted by Gasteiger charge is -2.14. The Balaban J connectivity index is 2.08. The fourth-order valence-electron chi connectivity index (χ4n) is 1.49. The Kier molecular flexibility index (Phi) is 3.82. The normalized spacial score (nSPS) is 12.1. The van der Waals surface area contributed by atoms with E-state index in [-0.39, 0.29) is 11.9 Å². The zero-order valence-corrected chi connectivity index (χ0v) is 10.3. The van der Waals surface area contributed by atoms with E-state index < -0.39 is 0 Å². The molecular formula is C12H13N3OS. The van der Waals surface area contributed by atoms with Gasteiger partial charge in [-0.05, 0) is 18.6 Å². The van der Waals surface area contributed by atoms with Crippen LogP contribution in [0.2, 0.25) is 0 Å². The molecule has 0 aliphatic carbocycles. The van der Waals surface area contributed by atoms with Crippen molar-refractivity contribution >= 4 is 17.2 Å². The summed E-state index contributed by atoms with van der Waals surface area (Å²) in [7, 11) is 0. The van der Waals surface area contributed by atoms with Gasteiger partial charge in [0.1, 0.15) is 5.01 Å². The van der Waals surface area contributed by atoms with Gasteiger partial charge in [0.15, 0.2) is 0 Å². The third-order valence-electron chi connectivity index (χ3n) is 2.41. The van der Waals surface area contributed by atoms with Gasteiger partial charge in [0.05, 0.1) is 6.04 Å². The topological polar surface area (TPSA) is 54.9 Å². The number of carbonyl (C=O) groups excluding carboxylic acids is 1. The molecule has 0 radical (unpaired) electrons. The molecule has 5 heteroatoms. The minimum atomic E-state index is -0.0885. The summed E-state index contributed by atoms with van der Waals surface area (Å²) in [6, 6.07) is 3.38. The number of amides is 1. The number of nitrogens with zero attached hydrogens (tertiary/aromatic N) is 2. The number of hydrogen-bond acceptors (Lipinski definition) is 4. The minimum absolute atomic E-state index is 0.0179. The van der Waals surface area contributed by atoms with Crippen LogP contribution in [0.25, 0.3) is 0 Å². The van der Waals surface area contributed by atoms with Crippen LogP contribution in [0.3, 0.4) is 0 Å². The molecule has 88 valence electrons. The highest BCUT2D eigenvalue weighted by Gasteiger charge is 2.15. The molecule has 0 fully saturated rings. The Morgan fingerprint density at radius 1 is 1.41 bits per heavy atom. The van der Waals surface area contributed by atoms with Crippen LogP contribution >= 0.6 is 11.3 Å². The monoisotopic (exact) mass is 247 g/mol. The SMILES string of the molecule is CC[C@H](NC(=O)c1ccncc1)c1nccs1. The van der Waals surface area contributed by atoms with Gasteiger partial charge < -0.3 is 5.32 Å². The van der Waals surface area contributed by atoms with E-state index in [1.54, 1.807) is 42.1 Å². The molecule has 1 amide bonds. The fraction of sp³-hybridized carbons (Fsp3) is 0.250. The molecule has 4 nitrogen and oxygen atoms in total. The molecule has 2 rings (SSSR count). The van der Waals surface area contributed by atoms with E-state index in [4.69, 9.17) is 0 Å². The maximum Gasteiger partial charge on any atom is 0.251 e. The highest BCUT2D eigenvalue weighted by molar-refractivity contribution is 7.09. The van der Waals surface area contributed by atoms with Crippen LogP contribution in [0.15, 0.2) is 36.1 Å². The van der Waals surface area contributed by atoms with Crippen LogP contribution in [0, 0.1) is 0 Å². The van der Waals surface area contributed by atoms with E-state index in [1.807, 2.05) is 12.3 Å². The summed E-state index contributed by atoms with van der Waals surface area (Å²) in [5.41, 5.74) is 0.620. The van der Waals surface area contributed by atoms with Crippen molar-refractivity contribution in [2.75, 3.05) is 0 Å². The average Bonchev–Trinajstić information content (AvgIpc) is 2.90. The highest BCUT2D eigenvalue weighted by atomic mass is 32.1. The number of thiazole rings is 1. The molecule has 2 heterocycles. The Labute approximate surface area is 104 Å². The number of rotatable bonds is 4. The van der Waals surface area contributed by atoms with Crippen molar-refractivity contribution < 1.29 is 4.79 Å². The quantitative estimate of drug-likeness (QED) is 0.902. The Bertz CT molecular complexity index is 470. The molecule has 0 unspecified atom stereocenters. The largest absolute Gasteiger partial charge is 0.343 e. The van der Waals surface area contributed by atoms with Crippen LogP contribution in [0.1, 0.15) is 34.8 Å². The van der Waals surface area contributed by atoms with Crippen molar-refractivity contribution in [3.05, 3.63) is 46.7 Å². The zero-order chi connectivity index (χ0) is 12.1. The van der Waals surface area contributed by atoms with Gasteiger partial charge in [0, 0.05) is 29.5 Å².